The number of aromatic nitrogens is 2. The predicted molar refractivity (Wildman–Crippen MR) is 98.2 cm³/mol. The number of carbonyl (C=O) groups is 1. The largest absolute Gasteiger partial charge is 0.480 e. The summed E-state index contributed by atoms with van der Waals surface area (Å²) in [5.41, 5.74) is 3.26. The first-order chi connectivity index (χ1) is 11.4. The highest BCUT2D eigenvalue weighted by Gasteiger charge is 2.21. The average molecular weight is 362 g/mol. The lowest BCUT2D eigenvalue weighted by Gasteiger charge is -2.17. The number of carboxylic acids is 1. The van der Waals surface area contributed by atoms with Gasteiger partial charge in [0.2, 0.25) is 5.28 Å². The summed E-state index contributed by atoms with van der Waals surface area (Å²) in [6.07, 6.45) is 0. The Morgan fingerprint density at radius 1 is 1.25 bits per heavy atom. The molecule has 0 amide bonds. The minimum absolute atomic E-state index is 0.117. The van der Waals surface area contributed by atoms with Gasteiger partial charge in [-0.25, -0.2) is 4.98 Å². The highest BCUT2D eigenvalue weighted by Crippen LogP contribution is 2.42. The fourth-order valence-corrected chi connectivity index (χ4v) is 3.94. The third-order valence-electron chi connectivity index (χ3n) is 3.76. The van der Waals surface area contributed by atoms with Crippen LogP contribution < -0.4 is 4.90 Å². The molecular formula is C17H16ClN3O2S. The number of nitrogens with zero attached hydrogens (tertiary/aromatic N) is 3. The molecule has 5 nitrogen and oxygen atoms in total. The van der Waals surface area contributed by atoms with Crippen molar-refractivity contribution in [1.82, 2.24) is 9.97 Å². The molecule has 0 saturated heterocycles. The maximum Gasteiger partial charge on any atom is 0.323 e. The van der Waals surface area contributed by atoms with Gasteiger partial charge in [-0.05, 0) is 31.0 Å². The van der Waals surface area contributed by atoms with Gasteiger partial charge in [0, 0.05) is 17.5 Å². The summed E-state index contributed by atoms with van der Waals surface area (Å²) in [7, 11) is 1.69. The van der Waals surface area contributed by atoms with E-state index in [4.69, 9.17) is 16.7 Å². The van der Waals surface area contributed by atoms with Crippen molar-refractivity contribution in [2.75, 3.05) is 18.5 Å². The van der Waals surface area contributed by atoms with Crippen molar-refractivity contribution in [3.8, 4) is 11.1 Å². The third kappa shape index (κ3) is 3.07. The smallest absolute Gasteiger partial charge is 0.323 e. The lowest BCUT2D eigenvalue weighted by atomic mass is 10.0. The van der Waals surface area contributed by atoms with Crippen LogP contribution in [0.25, 0.3) is 21.3 Å². The van der Waals surface area contributed by atoms with E-state index >= 15 is 0 Å². The fraction of sp³-hybridized carbons (Fsp3) is 0.235. The maximum absolute atomic E-state index is 11.1. The molecule has 124 valence electrons. The van der Waals surface area contributed by atoms with Crippen molar-refractivity contribution in [2.24, 2.45) is 0 Å². The number of benzene rings is 1. The van der Waals surface area contributed by atoms with Crippen LogP contribution in [0.2, 0.25) is 5.28 Å². The van der Waals surface area contributed by atoms with E-state index in [1.165, 1.54) is 16.9 Å². The van der Waals surface area contributed by atoms with Crippen LogP contribution in [0.15, 0.2) is 24.3 Å². The lowest BCUT2D eigenvalue weighted by Crippen LogP contribution is -2.26. The van der Waals surface area contributed by atoms with Crippen molar-refractivity contribution in [2.45, 2.75) is 13.8 Å². The van der Waals surface area contributed by atoms with Crippen LogP contribution in [0, 0.1) is 13.8 Å². The van der Waals surface area contributed by atoms with Crippen molar-refractivity contribution in [3.63, 3.8) is 0 Å². The van der Waals surface area contributed by atoms with Gasteiger partial charge < -0.3 is 10.0 Å². The Morgan fingerprint density at radius 2 is 1.92 bits per heavy atom. The number of likely N-dealkylation sites (N-methyl/N-ethyl adjacent to an activating group) is 1. The van der Waals surface area contributed by atoms with Gasteiger partial charge in [-0.2, -0.15) is 4.98 Å². The van der Waals surface area contributed by atoms with Crippen LogP contribution in [-0.2, 0) is 4.79 Å². The molecule has 0 fully saturated rings. The minimum Gasteiger partial charge on any atom is -0.480 e. The first-order valence-electron chi connectivity index (χ1n) is 7.33. The van der Waals surface area contributed by atoms with E-state index in [2.05, 4.69) is 34.2 Å². The molecule has 7 heteroatoms. The van der Waals surface area contributed by atoms with Gasteiger partial charge in [0.05, 0.1) is 5.39 Å². The molecule has 3 rings (SSSR count). The van der Waals surface area contributed by atoms with E-state index < -0.39 is 5.97 Å². The lowest BCUT2D eigenvalue weighted by molar-refractivity contribution is -0.135. The molecular weight excluding hydrogens is 346 g/mol. The number of fused-ring (bicyclic) bond motifs is 1. The average Bonchev–Trinajstić information content (AvgIpc) is 2.82. The summed E-state index contributed by atoms with van der Waals surface area (Å²) in [6, 6.07) is 8.21. The highest BCUT2D eigenvalue weighted by atomic mass is 35.5. The molecule has 0 aliphatic carbocycles. The Kier molecular flexibility index (Phi) is 4.43. The van der Waals surface area contributed by atoms with Gasteiger partial charge in [0.1, 0.15) is 17.2 Å². The zero-order valence-electron chi connectivity index (χ0n) is 13.5. The number of aliphatic carboxylic acids is 1. The number of thiophene rings is 1. The zero-order valence-corrected chi connectivity index (χ0v) is 15.1. The summed E-state index contributed by atoms with van der Waals surface area (Å²) < 4.78 is 0. The Morgan fingerprint density at radius 3 is 2.54 bits per heavy atom. The minimum atomic E-state index is -0.927. The van der Waals surface area contributed by atoms with E-state index in [-0.39, 0.29) is 11.8 Å². The van der Waals surface area contributed by atoms with E-state index in [1.54, 1.807) is 11.9 Å². The summed E-state index contributed by atoms with van der Waals surface area (Å²) in [5.74, 6) is -0.392. The molecule has 2 aromatic heterocycles. The van der Waals surface area contributed by atoms with Crippen LogP contribution in [0.4, 0.5) is 5.82 Å². The number of hydrogen-bond donors (Lipinski definition) is 1. The third-order valence-corrected chi connectivity index (χ3v) is 4.92. The van der Waals surface area contributed by atoms with Crippen molar-refractivity contribution in [1.29, 1.82) is 0 Å². The first-order valence-corrected chi connectivity index (χ1v) is 8.53. The van der Waals surface area contributed by atoms with Crippen molar-refractivity contribution < 1.29 is 9.90 Å². The fourth-order valence-electron chi connectivity index (χ4n) is 2.69. The molecule has 0 atom stereocenters. The number of rotatable bonds is 4. The molecule has 0 aliphatic rings. The van der Waals surface area contributed by atoms with E-state index in [0.29, 0.717) is 5.82 Å². The van der Waals surface area contributed by atoms with Gasteiger partial charge in [0.25, 0.3) is 0 Å². The van der Waals surface area contributed by atoms with Crippen LogP contribution in [-0.4, -0.2) is 34.6 Å². The zero-order chi connectivity index (χ0) is 17.4. The SMILES string of the molecule is Cc1ccc(-c2c(C)sc3nc(Cl)nc(N(C)CC(=O)O)c23)cc1. The quantitative estimate of drug-likeness (QED) is 0.707. The normalized spacial score (nSPS) is 11.0. The Labute approximate surface area is 148 Å². The molecule has 0 aliphatic heterocycles. The molecule has 0 radical (unpaired) electrons. The first kappa shape index (κ1) is 16.7. The summed E-state index contributed by atoms with van der Waals surface area (Å²) in [5, 5.41) is 10.1. The highest BCUT2D eigenvalue weighted by molar-refractivity contribution is 7.19. The Bertz CT molecular complexity index is 922. The van der Waals surface area contributed by atoms with Gasteiger partial charge in [-0.3, -0.25) is 4.79 Å². The van der Waals surface area contributed by atoms with E-state index in [9.17, 15) is 4.79 Å². The van der Waals surface area contributed by atoms with Crippen LogP contribution in [0.1, 0.15) is 10.4 Å². The number of hydrogen-bond acceptors (Lipinski definition) is 5. The van der Waals surface area contributed by atoms with Crippen LogP contribution in [0.3, 0.4) is 0 Å². The molecule has 0 bridgehead atoms. The van der Waals surface area contributed by atoms with Crippen molar-refractivity contribution in [3.05, 3.63) is 40.0 Å². The molecule has 0 spiro atoms. The number of halogens is 1. The van der Waals surface area contributed by atoms with E-state index in [1.807, 2.05) is 13.8 Å². The summed E-state index contributed by atoms with van der Waals surface area (Å²) in [4.78, 5) is 23.1. The van der Waals surface area contributed by atoms with Gasteiger partial charge in [-0.15, -0.1) is 11.3 Å². The molecule has 3 aromatic rings. The molecule has 1 N–H and O–H groups in total. The molecule has 1 aromatic carbocycles. The van der Waals surface area contributed by atoms with Gasteiger partial charge in [-0.1, -0.05) is 29.8 Å². The molecule has 2 heterocycles. The molecule has 24 heavy (non-hydrogen) atoms. The number of carboxylic acid groups (broad SMARTS) is 1. The number of anilines is 1. The molecule has 0 unspecified atom stereocenters. The summed E-state index contributed by atoms with van der Waals surface area (Å²) >= 11 is 7.58. The second-order valence-corrected chi connectivity index (χ2v) is 7.19. The predicted octanol–water partition coefficient (Wildman–Crippen LogP) is 4.15. The van der Waals surface area contributed by atoms with Crippen LogP contribution >= 0.6 is 22.9 Å². The Balaban J connectivity index is 2.28. The topological polar surface area (TPSA) is 66.3 Å². The summed E-state index contributed by atoms with van der Waals surface area (Å²) in [6.45, 7) is 3.90. The second kappa shape index (κ2) is 6.37. The standard InChI is InChI=1S/C17H16ClN3O2S/c1-9-4-6-11(7-5-9)13-10(2)24-16-14(13)15(19-17(18)20-16)21(3)8-12(22)23/h4-7H,8H2,1-3H3,(H,22,23). The van der Waals surface area contributed by atoms with E-state index in [0.717, 1.165) is 26.2 Å². The number of aryl methyl sites for hydroxylation is 2. The van der Waals surface area contributed by atoms with Crippen LogP contribution in [0.5, 0.6) is 0 Å². The van der Waals surface area contributed by atoms with Gasteiger partial charge >= 0.3 is 5.97 Å². The van der Waals surface area contributed by atoms with Crippen molar-refractivity contribution >= 4 is 44.9 Å². The molecule has 0 saturated carbocycles. The Hall–Kier alpha value is -2.18. The monoisotopic (exact) mass is 361 g/mol. The maximum atomic E-state index is 11.1. The second-order valence-electron chi connectivity index (χ2n) is 5.65. The van der Waals surface area contributed by atoms with Gasteiger partial charge in [0.15, 0.2) is 0 Å².